The third-order valence-electron chi connectivity index (χ3n) is 3.52. The van der Waals surface area contributed by atoms with Crippen molar-refractivity contribution in [1.29, 1.82) is 0 Å². The summed E-state index contributed by atoms with van der Waals surface area (Å²) in [4.78, 5) is 12.0. The fourth-order valence-corrected chi connectivity index (χ4v) is 2.48. The standard InChI is InChI=1S/C16H15ClFN5O/c1-11-5-6-19-23(11)10-16(24)21-12-7-20-22(8-12)9-13-14(17)3-2-4-15(13)18/h2-8H,9-10H2,1H3,(H,21,24). The monoisotopic (exact) mass is 347 g/mol. The number of benzene rings is 1. The molecule has 0 radical (unpaired) electrons. The van der Waals surface area contributed by atoms with Gasteiger partial charge in [-0.15, -0.1) is 0 Å². The second-order valence-electron chi connectivity index (χ2n) is 5.31. The number of aromatic nitrogens is 4. The van der Waals surface area contributed by atoms with Gasteiger partial charge in [0.2, 0.25) is 5.91 Å². The topological polar surface area (TPSA) is 64.7 Å². The molecule has 0 bridgehead atoms. The van der Waals surface area contributed by atoms with Crippen molar-refractivity contribution >= 4 is 23.2 Å². The lowest BCUT2D eigenvalue weighted by molar-refractivity contribution is -0.116. The first-order valence-corrected chi connectivity index (χ1v) is 7.64. The van der Waals surface area contributed by atoms with Crippen molar-refractivity contribution in [2.75, 3.05) is 5.32 Å². The third-order valence-corrected chi connectivity index (χ3v) is 3.88. The Labute approximate surface area is 142 Å². The third kappa shape index (κ3) is 3.62. The van der Waals surface area contributed by atoms with Crippen LogP contribution in [-0.2, 0) is 17.9 Å². The maximum Gasteiger partial charge on any atom is 0.246 e. The Kier molecular flexibility index (Phi) is 4.61. The summed E-state index contributed by atoms with van der Waals surface area (Å²) < 4.78 is 16.9. The van der Waals surface area contributed by atoms with Crippen molar-refractivity contribution in [2.45, 2.75) is 20.0 Å². The average molecular weight is 348 g/mol. The number of nitrogens with zero attached hydrogens (tertiary/aromatic N) is 4. The van der Waals surface area contributed by atoms with Crippen LogP contribution in [0.15, 0.2) is 42.9 Å². The fourth-order valence-electron chi connectivity index (χ4n) is 2.26. The minimum atomic E-state index is -0.391. The van der Waals surface area contributed by atoms with E-state index in [1.54, 1.807) is 29.2 Å². The first kappa shape index (κ1) is 16.2. The molecule has 1 aromatic carbocycles. The summed E-state index contributed by atoms with van der Waals surface area (Å²) in [5, 5.41) is 11.2. The number of anilines is 1. The van der Waals surface area contributed by atoms with E-state index in [4.69, 9.17) is 11.6 Å². The second kappa shape index (κ2) is 6.84. The number of carbonyl (C=O) groups is 1. The van der Waals surface area contributed by atoms with Gasteiger partial charge in [-0.1, -0.05) is 17.7 Å². The minimum Gasteiger partial charge on any atom is -0.322 e. The van der Waals surface area contributed by atoms with Gasteiger partial charge in [0.1, 0.15) is 12.4 Å². The zero-order valence-electron chi connectivity index (χ0n) is 12.9. The highest BCUT2D eigenvalue weighted by atomic mass is 35.5. The molecule has 2 aromatic heterocycles. The maximum absolute atomic E-state index is 13.8. The lowest BCUT2D eigenvalue weighted by atomic mass is 10.2. The fraction of sp³-hybridized carbons (Fsp3) is 0.188. The van der Waals surface area contributed by atoms with Crippen molar-refractivity contribution < 1.29 is 9.18 Å². The predicted octanol–water partition coefficient (Wildman–Crippen LogP) is 2.87. The van der Waals surface area contributed by atoms with Crippen LogP contribution in [0, 0.1) is 12.7 Å². The van der Waals surface area contributed by atoms with E-state index >= 15 is 0 Å². The molecule has 0 fully saturated rings. The molecule has 0 spiro atoms. The summed E-state index contributed by atoms with van der Waals surface area (Å²) in [6.45, 7) is 2.17. The van der Waals surface area contributed by atoms with E-state index in [0.29, 0.717) is 16.3 Å². The number of hydrogen-bond donors (Lipinski definition) is 1. The second-order valence-corrected chi connectivity index (χ2v) is 5.71. The van der Waals surface area contributed by atoms with Gasteiger partial charge < -0.3 is 5.32 Å². The van der Waals surface area contributed by atoms with Gasteiger partial charge >= 0.3 is 0 Å². The van der Waals surface area contributed by atoms with Crippen LogP contribution in [-0.4, -0.2) is 25.5 Å². The number of amides is 1. The van der Waals surface area contributed by atoms with Gasteiger partial charge in [0.05, 0.1) is 18.4 Å². The van der Waals surface area contributed by atoms with Crippen LogP contribution in [0.3, 0.4) is 0 Å². The Morgan fingerprint density at radius 2 is 2.17 bits per heavy atom. The number of nitrogens with one attached hydrogen (secondary N) is 1. The highest BCUT2D eigenvalue weighted by molar-refractivity contribution is 6.31. The Bertz CT molecular complexity index is 853. The van der Waals surface area contributed by atoms with Gasteiger partial charge in [-0.3, -0.25) is 14.2 Å². The summed E-state index contributed by atoms with van der Waals surface area (Å²) in [7, 11) is 0. The molecule has 24 heavy (non-hydrogen) atoms. The molecule has 8 heteroatoms. The Hall–Kier alpha value is -2.67. The Morgan fingerprint density at radius 3 is 2.88 bits per heavy atom. The number of halogens is 2. The molecule has 3 rings (SSSR count). The van der Waals surface area contributed by atoms with E-state index in [2.05, 4.69) is 15.5 Å². The Morgan fingerprint density at radius 1 is 1.33 bits per heavy atom. The van der Waals surface area contributed by atoms with Gasteiger partial charge in [-0.25, -0.2) is 4.39 Å². The normalized spacial score (nSPS) is 10.8. The van der Waals surface area contributed by atoms with Crippen LogP contribution in [0.25, 0.3) is 0 Å². The van der Waals surface area contributed by atoms with Crippen molar-refractivity contribution in [3.05, 3.63) is 65.0 Å². The Balaban J connectivity index is 1.65. The molecule has 124 valence electrons. The molecule has 0 atom stereocenters. The average Bonchev–Trinajstić information content (AvgIpc) is 3.13. The summed E-state index contributed by atoms with van der Waals surface area (Å²) >= 11 is 6.00. The quantitative estimate of drug-likeness (QED) is 0.771. The molecular formula is C16H15ClFN5O. The van der Waals surface area contributed by atoms with Gasteiger partial charge in [0.15, 0.2) is 0 Å². The molecule has 1 amide bonds. The van der Waals surface area contributed by atoms with E-state index < -0.39 is 5.82 Å². The largest absolute Gasteiger partial charge is 0.322 e. The smallest absolute Gasteiger partial charge is 0.246 e. The molecule has 0 aliphatic rings. The lowest BCUT2D eigenvalue weighted by Gasteiger charge is -2.06. The first-order valence-electron chi connectivity index (χ1n) is 7.26. The van der Waals surface area contributed by atoms with E-state index in [0.717, 1.165) is 5.69 Å². The lowest BCUT2D eigenvalue weighted by Crippen LogP contribution is -2.19. The van der Waals surface area contributed by atoms with Crippen LogP contribution in [0.4, 0.5) is 10.1 Å². The van der Waals surface area contributed by atoms with Crippen molar-refractivity contribution in [3.8, 4) is 0 Å². The van der Waals surface area contributed by atoms with Gasteiger partial charge in [-0.2, -0.15) is 10.2 Å². The van der Waals surface area contributed by atoms with Crippen molar-refractivity contribution in [3.63, 3.8) is 0 Å². The molecule has 6 nitrogen and oxygen atoms in total. The van der Waals surface area contributed by atoms with Crippen LogP contribution < -0.4 is 5.32 Å². The highest BCUT2D eigenvalue weighted by Gasteiger charge is 2.10. The van der Waals surface area contributed by atoms with E-state index in [9.17, 15) is 9.18 Å². The molecule has 0 saturated heterocycles. The van der Waals surface area contributed by atoms with Crippen molar-refractivity contribution in [1.82, 2.24) is 19.6 Å². The molecule has 3 aromatic rings. The van der Waals surface area contributed by atoms with E-state index in [-0.39, 0.29) is 19.0 Å². The molecule has 1 N–H and O–H groups in total. The highest BCUT2D eigenvalue weighted by Crippen LogP contribution is 2.20. The summed E-state index contributed by atoms with van der Waals surface area (Å²) in [6.07, 6.45) is 4.76. The van der Waals surface area contributed by atoms with Crippen LogP contribution in [0.5, 0.6) is 0 Å². The van der Waals surface area contributed by atoms with Gasteiger partial charge in [0, 0.05) is 28.7 Å². The number of rotatable bonds is 5. The molecular weight excluding hydrogens is 333 g/mol. The van der Waals surface area contributed by atoms with Gasteiger partial charge in [0.25, 0.3) is 0 Å². The molecule has 0 aliphatic heterocycles. The molecule has 0 saturated carbocycles. The predicted molar refractivity (Wildman–Crippen MR) is 88.3 cm³/mol. The zero-order chi connectivity index (χ0) is 17.1. The van der Waals surface area contributed by atoms with E-state index in [1.165, 1.54) is 16.9 Å². The van der Waals surface area contributed by atoms with Crippen molar-refractivity contribution in [2.24, 2.45) is 0 Å². The summed E-state index contributed by atoms with van der Waals surface area (Å²) in [6, 6.07) is 6.34. The maximum atomic E-state index is 13.8. The first-order chi connectivity index (χ1) is 11.5. The van der Waals surface area contributed by atoms with E-state index in [1.807, 2.05) is 13.0 Å². The van der Waals surface area contributed by atoms with Crippen LogP contribution >= 0.6 is 11.6 Å². The molecule has 2 heterocycles. The molecule has 0 aliphatic carbocycles. The summed E-state index contributed by atoms with van der Waals surface area (Å²) in [5.41, 5.74) is 1.78. The number of hydrogen-bond acceptors (Lipinski definition) is 3. The SMILES string of the molecule is Cc1ccnn1CC(=O)Nc1cnn(Cc2c(F)cccc2Cl)c1. The zero-order valence-corrected chi connectivity index (χ0v) is 13.7. The number of aryl methyl sites for hydroxylation is 1. The van der Waals surface area contributed by atoms with Gasteiger partial charge in [-0.05, 0) is 25.1 Å². The van der Waals surface area contributed by atoms with Crippen LogP contribution in [0.1, 0.15) is 11.3 Å². The minimum absolute atomic E-state index is 0.114. The van der Waals surface area contributed by atoms with Crippen LogP contribution in [0.2, 0.25) is 5.02 Å². The molecule has 0 unspecified atom stereocenters. The summed E-state index contributed by atoms with van der Waals surface area (Å²) in [5.74, 6) is -0.608. The number of carbonyl (C=O) groups excluding carboxylic acids is 1.